The first-order valence-corrected chi connectivity index (χ1v) is 8.56. The Hall–Kier alpha value is -2.68. The Labute approximate surface area is 150 Å². The molecule has 0 aliphatic carbocycles. The van der Waals surface area contributed by atoms with Gasteiger partial charge < -0.3 is 14.7 Å². The highest BCUT2D eigenvalue weighted by atomic mass is 16.5. The summed E-state index contributed by atoms with van der Waals surface area (Å²) in [7, 11) is 0. The quantitative estimate of drug-likeness (QED) is 0.615. The first kappa shape index (κ1) is 19.6. The number of amides is 1. The van der Waals surface area contributed by atoms with Crippen molar-refractivity contribution in [1.29, 1.82) is 0 Å². The maximum absolute atomic E-state index is 12.6. The van der Waals surface area contributed by atoms with Crippen molar-refractivity contribution in [3.05, 3.63) is 34.9 Å². The number of carboxylic acid groups (broad SMARTS) is 1. The summed E-state index contributed by atoms with van der Waals surface area (Å²) in [4.78, 5) is 37.5. The minimum absolute atomic E-state index is 0.0718. The lowest BCUT2D eigenvalue weighted by Crippen LogP contribution is -2.41. The predicted octanol–water partition coefficient (Wildman–Crippen LogP) is 0.472. The van der Waals surface area contributed by atoms with Gasteiger partial charge in [-0.3, -0.25) is 14.0 Å². The minimum Gasteiger partial charge on any atom is -0.481 e. The summed E-state index contributed by atoms with van der Waals surface area (Å²) in [5, 5.41) is 13.3. The zero-order valence-corrected chi connectivity index (χ0v) is 15.0. The van der Waals surface area contributed by atoms with Crippen molar-refractivity contribution in [1.82, 2.24) is 19.1 Å². The molecule has 9 nitrogen and oxygen atoms in total. The second-order valence-electron chi connectivity index (χ2n) is 6.00. The van der Waals surface area contributed by atoms with Gasteiger partial charge in [-0.1, -0.05) is 13.0 Å². The molecule has 0 bridgehead atoms. The number of rotatable bonds is 10. The number of carbonyl (C=O) groups excluding carboxylic acids is 1. The van der Waals surface area contributed by atoms with Crippen molar-refractivity contribution < 1.29 is 19.4 Å². The minimum atomic E-state index is -0.975. The molecule has 2 rings (SSSR count). The van der Waals surface area contributed by atoms with Crippen LogP contribution in [0.3, 0.4) is 0 Å². The van der Waals surface area contributed by atoms with Crippen LogP contribution in [0.15, 0.2) is 29.2 Å². The molecular formula is C17H24N4O5. The van der Waals surface area contributed by atoms with Crippen molar-refractivity contribution in [2.75, 3.05) is 26.3 Å². The van der Waals surface area contributed by atoms with Gasteiger partial charge in [-0.25, -0.2) is 9.48 Å². The smallest absolute Gasteiger partial charge is 0.350 e. The lowest BCUT2D eigenvalue weighted by molar-refractivity contribution is -0.143. The van der Waals surface area contributed by atoms with Crippen LogP contribution in [-0.4, -0.2) is 62.4 Å². The van der Waals surface area contributed by atoms with Gasteiger partial charge >= 0.3 is 11.7 Å². The fraction of sp³-hybridized carbons (Fsp3) is 0.529. The second kappa shape index (κ2) is 9.14. The Morgan fingerprint density at radius 1 is 1.38 bits per heavy atom. The van der Waals surface area contributed by atoms with Gasteiger partial charge in [-0.2, -0.15) is 0 Å². The fourth-order valence-corrected chi connectivity index (χ4v) is 2.53. The molecule has 26 heavy (non-hydrogen) atoms. The van der Waals surface area contributed by atoms with Crippen LogP contribution in [-0.2, 0) is 20.9 Å². The highest BCUT2D eigenvalue weighted by Crippen LogP contribution is 2.04. The average molecular weight is 364 g/mol. The van der Waals surface area contributed by atoms with Crippen molar-refractivity contribution in [3.8, 4) is 0 Å². The molecule has 0 saturated heterocycles. The van der Waals surface area contributed by atoms with Crippen molar-refractivity contribution in [3.63, 3.8) is 0 Å². The maximum atomic E-state index is 12.6. The number of hydrogen-bond donors (Lipinski definition) is 1. The zero-order chi connectivity index (χ0) is 19.1. The summed E-state index contributed by atoms with van der Waals surface area (Å²) >= 11 is 0. The maximum Gasteiger partial charge on any atom is 0.350 e. The van der Waals surface area contributed by atoms with Crippen LogP contribution in [0.25, 0.3) is 5.65 Å². The van der Waals surface area contributed by atoms with Gasteiger partial charge in [0.15, 0.2) is 5.65 Å². The molecule has 0 aromatic carbocycles. The number of pyridine rings is 1. The van der Waals surface area contributed by atoms with Crippen LogP contribution >= 0.6 is 0 Å². The van der Waals surface area contributed by atoms with Gasteiger partial charge in [0.1, 0.15) is 6.54 Å². The summed E-state index contributed by atoms with van der Waals surface area (Å²) in [5.74, 6) is -2.03. The molecule has 1 amide bonds. The molecule has 0 radical (unpaired) electrons. The monoisotopic (exact) mass is 364 g/mol. The van der Waals surface area contributed by atoms with E-state index in [1.54, 1.807) is 31.3 Å². The second-order valence-corrected chi connectivity index (χ2v) is 6.00. The van der Waals surface area contributed by atoms with E-state index in [-0.39, 0.29) is 19.0 Å². The molecule has 0 fully saturated rings. The van der Waals surface area contributed by atoms with E-state index in [0.29, 0.717) is 31.8 Å². The Morgan fingerprint density at radius 3 is 2.81 bits per heavy atom. The standard InChI is InChI=1S/C17H24N4O5/c1-3-26-10-6-8-19(11-13(2)16(23)24)15(22)12-21-17(25)20-9-5-4-7-14(20)18-21/h4-5,7,9,13H,3,6,8,10-12H2,1-2H3,(H,23,24). The molecule has 0 spiro atoms. The fourth-order valence-electron chi connectivity index (χ4n) is 2.53. The Balaban J connectivity index is 2.11. The molecule has 2 aromatic heterocycles. The molecule has 0 aliphatic rings. The number of fused-ring (bicyclic) bond motifs is 1. The molecule has 0 saturated carbocycles. The van der Waals surface area contributed by atoms with E-state index in [2.05, 4.69) is 5.10 Å². The summed E-state index contributed by atoms with van der Waals surface area (Å²) in [5.41, 5.74) is 0.0431. The highest BCUT2D eigenvalue weighted by molar-refractivity contribution is 5.77. The molecule has 1 unspecified atom stereocenters. The number of carbonyl (C=O) groups is 2. The molecular weight excluding hydrogens is 340 g/mol. The molecule has 1 N–H and O–H groups in total. The third kappa shape index (κ3) is 4.92. The van der Waals surface area contributed by atoms with Crippen molar-refractivity contribution in [2.24, 2.45) is 5.92 Å². The molecule has 9 heteroatoms. The van der Waals surface area contributed by atoms with Gasteiger partial charge in [0, 0.05) is 32.5 Å². The summed E-state index contributed by atoms with van der Waals surface area (Å²) in [6, 6.07) is 5.13. The van der Waals surface area contributed by atoms with Crippen LogP contribution in [0.2, 0.25) is 0 Å². The third-order valence-electron chi connectivity index (χ3n) is 3.96. The average Bonchev–Trinajstić information content (AvgIpc) is 2.93. The number of ether oxygens (including phenoxy) is 1. The normalized spacial score (nSPS) is 12.2. The Bertz CT molecular complexity index is 813. The van der Waals surface area contributed by atoms with E-state index < -0.39 is 17.6 Å². The van der Waals surface area contributed by atoms with Gasteiger partial charge in [0.2, 0.25) is 5.91 Å². The predicted molar refractivity (Wildman–Crippen MR) is 93.9 cm³/mol. The molecule has 1 atom stereocenters. The van der Waals surface area contributed by atoms with Crippen LogP contribution in [0.4, 0.5) is 0 Å². The summed E-state index contributed by atoms with van der Waals surface area (Å²) in [6.45, 7) is 4.68. The SMILES string of the molecule is CCOCCCN(CC(C)C(=O)O)C(=O)Cn1nc2ccccn2c1=O. The molecule has 142 valence electrons. The molecule has 2 heterocycles. The number of aliphatic carboxylic acids is 1. The van der Waals surface area contributed by atoms with Gasteiger partial charge in [0.05, 0.1) is 5.92 Å². The van der Waals surface area contributed by atoms with E-state index in [1.807, 2.05) is 6.92 Å². The van der Waals surface area contributed by atoms with Crippen LogP contribution in [0.1, 0.15) is 20.3 Å². The van der Waals surface area contributed by atoms with Gasteiger partial charge in [0.25, 0.3) is 0 Å². The van der Waals surface area contributed by atoms with Gasteiger partial charge in [-0.15, -0.1) is 5.10 Å². The van der Waals surface area contributed by atoms with Crippen LogP contribution in [0, 0.1) is 5.92 Å². The number of aromatic nitrogens is 3. The summed E-state index contributed by atoms with van der Waals surface area (Å²) < 4.78 is 7.72. The molecule has 2 aromatic rings. The van der Waals surface area contributed by atoms with Crippen molar-refractivity contribution >= 4 is 17.5 Å². The van der Waals surface area contributed by atoms with E-state index in [4.69, 9.17) is 9.84 Å². The van der Waals surface area contributed by atoms with E-state index in [1.165, 1.54) is 9.30 Å². The third-order valence-corrected chi connectivity index (χ3v) is 3.96. The highest BCUT2D eigenvalue weighted by Gasteiger charge is 2.22. The lowest BCUT2D eigenvalue weighted by atomic mass is 10.1. The Morgan fingerprint density at radius 2 is 2.15 bits per heavy atom. The zero-order valence-electron chi connectivity index (χ0n) is 15.0. The number of carboxylic acids is 1. The first-order chi connectivity index (χ1) is 12.4. The number of nitrogens with zero attached hydrogens (tertiary/aromatic N) is 4. The Kier molecular flexibility index (Phi) is 6.90. The largest absolute Gasteiger partial charge is 0.481 e. The topological polar surface area (TPSA) is 106 Å². The number of hydrogen-bond acceptors (Lipinski definition) is 5. The summed E-state index contributed by atoms with van der Waals surface area (Å²) in [6.07, 6.45) is 2.17. The van der Waals surface area contributed by atoms with Gasteiger partial charge in [-0.05, 0) is 25.5 Å². The lowest BCUT2D eigenvalue weighted by Gasteiger charge is -2.24. The molecule has 0 aliphatic heterocycles. The van der Waals surface area contributed by atoms with E-state index in [0.717, 1.165) is 4.68 Å². The van der Waals surface area contributed by atoms with E-state index in [9.17, 15) is 14.4 Å². The van der Waals surface area contributed by atoms with Crippen LogP contribution < -0.4 is 5.69 Å². The van der Waals surface area contributed by atoms with Crippen LogP contribution in [0.5, 0.6) is 0 Å². The van der Waals surface area contributed by atoms with Crippen molar-refractivity contribution in [2.45, 2.75) is 26.8 Å². The first-order valence-electron chi connectivity index (χ1n) is 8.56. The van der Waals surface area contributed by atoms with E-state index >= 15 is 0 Å².